The number of nitrogens with zero attached hydrogens (tertiary/aromatic N) is 5. The number of anilines is 1. The summed E-state index contributed by atoms with van der Waals surface area (Å²) in [5, 5.41) is 7.57. The number of carbonyl (C=O) groups excluding carboxylic acids is 1. The van der Waals surface area contributed by atoms with Gasteiger partial charge in [-0.3, -0.25) is 4.68 Å². The Morgan fingerprint density at radius 3 is 2.42 bits per heavy atom. The predicted molar refractivity (Wildman–Crippen MR) is 142 cm³/mol. The molecule has 5 rings (SSSR count). The number of carbonyl (C=O) groups is 1. The molecule has 2 aromatic carbocycles. The second-order valence-corrected chi connectivity index (χ2v) is 10.4. The van der Waals surface area contributed by atoms with Gasteiger partial charge in [-0.1, -0.05) is 23.7 Å². The zero-order valence-electron chi connectivity index (χ0n) is 21.0. The number of hydrogen-bond donors (Lipinski definition) is 0. The summed E-state index contributed by atoms with van der Waals surface area (Å²) in [5.74, 6) is 1.64. The van der Waals surface area contributed by atoms with Crippen molar-refractivity contribution in [2.45, 2.75) is 32.9 Å². The van der Waals surface area contributed by atoms with Crippen molar-refractivity contribution in [1.29, 1.82) is 0 Å². The van der Waals surface area contributed by atoms with E-state index in [1.165, 1.54) is 0 Å². The van der Waals surface area contributed by atoms with Crippen LogP contribution in [0.15, 0.2) is 48.7 Å². The molecule has 0 N–H and O–H groups in total. The van der Waals surface area contributed by atoms with Crippen molar-refractivity contribution in [2.24, 2.45) is 0 Å². The first-order chi connectivity index (χ1) is 17.2. The van der Waals surface area contributed by atoms with Crippen LogP contribution < -0.4 is 9.64 Å². The number of fused-ring (bicyclic) bond motifs is 3. The summed E-state index contributed by atoms with van der Waals surface area (Å²) in [5.41, 5.74) is 2.29. The maximum absolute atomic E-state index is 12.5. The molecule has 0 aliphatic carbocycles. The fraction of sp³-hybridized carbons (Fsp3) is 0.370. The molecule has 0 bridgehead atoms. The van der Waals surface area contributed by atoms with Gasteiger partial charge in [-0.05, 0) is 56.7 Å². The van der Waals surface area contributed by atoms with Crippen LogP contribution in [0.3, 0.4) is 0 Å². The number of rotatable bonds is 4. The number of pyridine rings is 1. The first-order valence-electron chi connectivity index (χ1n) is 12.0. The highest BCUT2D eigenvalue weighted by Crippen LogP contribution is 2.33. The summed E-state index contributed by atoms with van der Waals surface area (Å²) < 4.78 is 12.8. The molecule has 0 unspecified atom stereocenters. The molecule has 0 spiro atoms. The van der Waals surface area contributed by atoms with Gasteiger partial charge < -0.3 is 19.3 Å². The molecule has 4 aromatic rings. The minimum Gasteiger partial charge on any atom is -0.497 e. The lowest BCUT2D eigenvalue weighted by Gasteiger charge is -2.36. The second kappa shape index (κ2) is 9.50. The monoisotopic (exact) mass is 507 g/mol. The van der Waals surface area contributed by atoms with Gasteiger partial charge in [-0.2, -0.15) is 5.10 Å². The molecule has 8 nitrogen and oxygen atoms in total. The van der Waals surface area contributed by atoms with E-state index in [0.29, 0.717) is 37.7 Å². The number of methoxy groups -OCH3 is 1. The van der Waals surface area contributed by atoms with E-state index in [0.717, 1.165) is 38.9 Å². The van der Waals surface area contributed by atoms with E-state index in [1.54, 1.807) is 12.0 Å². The molecule has 188 valence electrons. The van der Waals surface area contributed by atoms with Crippen LogP contribution in [0.25, 0.3) is 21.8 Å². The fourth-order valence-corrected chi connectivity index (χ4v) is 4.59. The quantitative estimate of drug-likeness (QED) is 0.370. The average molecular weight is 508 g/mol. The third kappa shape index (κ3) is 5.04. The van der Waals surface area contributed by atoms with Crippen LogP contribution in [0.4, 0.5) is 10.6 Å². The van der Waals surface area contributed by atoms with Gasteiger partial charge >= 0.3 is 6.09 Å². The van der Waals surface area contributed by atoms with E-state index in [9.17, 15) is 4.79 Å². The SMILES string of the molecule is COc1ccc(Cn2cc3c(n2)c(N2CCN(C(=O)OC(C)(C)C)CC2)nc2ccc(Cl)cc23)cc1. The minimum atomic E-state index is -0.516. The van der Waals surface area contributed by atoms with Crippen molar-refractivity contribution in [3.05, 3.63) is 59.2 Å². The first kappa shape index (κ1) is 24.2. The highest BCUT2D eigenvalue weighted by Gasteiger charge is 2.28. The Kier molecular flexibility index (Phi) is 6.38. The highest BCUT2D eigenvalue weighted by atomic mass is 35.5. The Balaban J connectivity index is 1.46. The Labute approximate surface area is 215 Å². The molecule has 1 saturated heterocycles. The van der Waals surface area contributed by atoms with Crippen LogP contribution in [-0.4, -0.2) is 64.6 Å². The molecule has 1 amide bonds. The Morgan fingerprint density at radius 1 is 1.03 bits per heavy atom. The molecule has 3 heterocycles. The standard InChI is InChI=1S/C27H30ClN5O3/c1-27(2,3)36-26(34)32-13-11-31(12-14-32)25-24-22(21-15-19(28)7-10-23(21)29-25)17-33(30-24)16-18-5-8-20(35-4)9-6-18/h5-10,15,17H,11-14,16H2,1-4H3. The largest absolute Gasteiger partial charge is 0.497 e. The Hall–Kier alpha value is -3.52. The maximum Gasteiger partial charge on any atom is 0.410 e. The summed E-state index contributed by atoms with van der Waals surface area (Å²) in [6.07, 6.45) is 1.78. The van der Waals surface area contributed by atoms with E-state index in [-0.39, 0.29) is 6.09 Å². The molecule has 2 aromatic heterocycles. The lowest BCUT2D eigenvalue weighted by atomic mass is 10.1. The first-order valence-corrected chi connectivity index (χ1v) is 12.4. The number of ether oxygens (including phenoxy) is 2. The van der Waals surface area contributed by atoms with Crippen LogP contribution in [-0.2, 0) is 11.3 Å². The van der Waals surface area contributed by atoms with Crippen LogP contribution in [0.1, 0.15) is 26.3 Å². The summed E-state index contributed by atoms with van der Waals surface area (Å²) in [4.78, 5) is 21.5. The van der Waals surface area contributed by atoms with E-state index >= 15 is 0 Å². The lowest BCUT2D eigenvalue weighted by molar-refractivity contribution is 0.0240. The van der Waals surface area contributed by atoms with Crippen molar-refractivity contribution in [2.75, 3.05) is 38.2 Å². The number of hydrogen-bond acceptors (Lipinski definition) is 6. The predicted octanol–water partition coefficient (Wildman–Crippen LogP) is 5.35. The van der Waals surface area contributed by atoms with Gasteiger partial charge in [0.15, 0.2) is 5.82 Å². The number of piperazine rings is 1. The topological polar surface area (TPSA) is 72.7 Å². The van der Waals surface area contributed by atoms with Crippen molar-refractivity contribution in [1.82, 2.24) is 19.7 Å². The molecular weight excluding hydrogens is 478 g/mol. The van der Waals surface area contributed by atoms with Crippen LogP contribution in [0.5, 0.6) is 5.75 Å². The zero-order chi connectivity index (χ0) is 25.4. The third-order valence-electron chi connectivity index (χ3n) is 6.18. The summed E-state index contributed by atoms with van der Waals surface area (Å²) in [6, 6.07) is 13.7. The van der Waals surface area contributed by atoms with Gasteiger partial charge in [0.25, 0.3) is 0 Å². The van der Waals surface area contributed by atoms with E-state index in [1.807, 2.05) is 67.9 Å². The van der Waals surface area contributed by atoms with Gasteiger partial charge in [0.2, 0.25) is 0 Å². The molecule has 1 aliphatic rings. The van der Waals surface area contributed by atoms with Crippen LogP contribution >= 0.6 is 11.6 Å². The molecule has 0 radical (unpaired) electrons. The highest BCUT2D eigenvalue weighted by molar-refractivity contribution is 6.31. The van der Waals surface area contributed by atoms with Gasteiger partial charge in [-0.15, -0.1) is 0 Å². The average Bonchev–Trinajstić information content (AvgIpc) is 3.27. The lowest BCUT2D eigenvalue weighted by Crippen LogP contribution is -2.50. The van der Waals surface area contributed by atoms with Gasteiger partial charge in [0.1, 0.15) is 16.9 Å². The number of benzene rings is 2. The number of amides is 1. The fourth-order valence-electron chi connectivity index (χ4n) is 4.42. The molecule has 0 saturated carbocycles. The van der Waals surface area contributed by atoms with Crippen molar-refractivity contribution >= 4 is 45.3 Å². The number of aromatic nitrogens is 3. The Bertz CT molecular complexity index is 1400. The second-order valence-electron chi connectivity index (χ2n) is 9.99. The van der Waals surface area contributed by atoms with Gasteiger partial charge in [0, 0.05) is 48.2 Å². The molecular formula is C27H30ClN5O3. The minimum absolute atomic E-state index is 0.280. The van der Waals surface area contributed by atoms with Crippen LogP contribution in [0.2, 0.25) is 5.02 Å². The van der Waals surface area contributed by atoms with Crippen molar-refractivity contribution in [3.63, 3.8) is 0 Å². The van der Waals surface area contributed by atoms with Crippen LogP contribution in [0, 0.1) is 0 Å². The smallest absolute Gasteiger partial charge is 0.410 e. The van der Waals surface area contributed by atoms with Crippen molar-refractivity contribution < 1.29 is 14.3 Å². The number of halogens is 1. The van der Waals surface area contributed by atoms with E-state index < -0.39 is 5.60 Å². The molecule has 9 heteroatoms. The third-order valence-corrected chi connectivity index (χ3v) is 6.42. The maximum atomic E-state index is 12.5. The molecule has 0 atom stereocenters. The molecule has 1 aliphatic heterocycles. The molecule has 1 fully saturated rings. The van der Waals surface area contributed by atoms with E-state index in [4.69, 9.17) is 31.2 Å². The molecule has 36 heavy (non-hydrogen) atoms. The van der Waals surface area contributed by atoms with Gasteiger partial charge in [-0.25, -0.2) is 9.78 Å². The summed E-state index contributed by atoms with van der Waals surface area (Å²) >= 11 is 6.34. The van der Waals surface area contributed by atoms with Crippen molar-refractivity contribution in [3.8, 4) is 5.75 Å². The summed E-state index contributed by atoms with van der Waals surface area (Å²) in [6.45, 7) is 8.67. The normalized spacial score (nSPS) is 14.5. The van der Waals surface area contributed by atoms with Gasteiger partial charge in [0.05, 0.1) is 19.2 Å². The summed E-state index contributed by atoms with van der Waals surface area (Å²) in [7, 11) is 1.66. The van der Waals surface area contributed by atoms with E-state index in [2.05, 4.69) is 11.1 Å². The Morgan fingerprint density at radius 2 is 1.75 bits per heavy atom. The zero-order valence-corrected chi connectivity index (χ0v) is 21.7.